The largest absolute Gasteiger partial charge is 0.481 e. The highest BCUT2D eigenvalue weighted by Gasteiger charge is 2.04. The minimum absolute atomic E-state index is 0.196. The van der Waals surface area contributed by atoms with E-state index in [1.807, 2.05) is 25.1 Å². The Morgan fingerprint density at radius 2 is 2.05 bits per heavy atom. The minimum atomic E-state index is -0.764. The summed E-state index contributed by atoms with van der Waals surface area (Å²) < 4.78 is 5.18. The Morgan fingerprint density at radius 1 is 1.26 bits per heavy atom. The van der Waals surface area contributed by atoms with Gasteiger partial charge in [0.05, 0.1) is 0 Å². The van der Waals surface area contributed by atoms with Crippen LogP contribution in [0.4, 0.5) is 0 Å². The van der Waals surface area contributed by atoms with Gasteiger partial charge in [-0.05, 0) is 43.4 Å². The summed E-state index contributed by atoms with van der Waals surface area (Å²) in [6.45, 7) is 1.88. The van der Waals surface area contributed by atoms with Gasteiger partial charge in [0.2, 0.25) is 0 Å². The Bertz CT molecular complexity index is 655. The fourth-order valence-electron chi connectivity index (χ4n) is 2.13. The Hall–Kier alpha value is -2.10. The first kappa shape index (κ1) is 13.3. The van der Waals surface area contributed by atoms with Crippen LogP contribution in [0.1, 0.15) is 30.4 Å². The fourth-order valence-corrected chi connectivity index (χ4v) is 2.13. The molecule has 0 radical (unpaired) electrons. The van der Waals surface area contributed by atoms with Gasteiger partial charge in [-0.2, -0.15) is 0 Å². The third-order valence-corrected chi connectivity index (χ3v) is 3.12. The Kier molecular flexibility index (Phi) is 4.00. The van der Waals surface area contributed by atoms with Crippen molar-refractivity contribution in [3.05, 3.63) is 45.8 Å². The standard InChI is InChI=1S/C15H16O4/c1-10-8-15(18)19-13-9-11(6-7-12(10)13)4-2-3-5-14(16)17/h6-9H,2-5H2,1H3,(H,16,17). The average Bonchev–Trinajstić information content (AvgIpc) is 2.33. The molecule has 100 valence electrons. The van der Waals surface area contributed by atoms with Crippen molar-refractivity contribution in [3.8, 4) is 0 Å². The van der Waals surface area contributed by atoms with Gasteiger partial charge in [0.1, 0.15) is 5.58 Å². The van der Waals surface area contributed by atoms with E-state index in [0.29, 0.717) is 12.0 Å². The van der Waals surface area contributed by atoms with Crippen LogP contribution in [0.5, 0.6) is 0 Å². The molecule has 1 aromatic carbocycles. The summed E-state index contributed by atoms with van der Waals surface area (Å²) in [5.41, 5.74) is 2.23. The number of carboxylic acid groups (broad SMARTS) is 1. The molecule has 19 heavy (non-hydrogen) atoms. The second kappa shape index (κ2) is 5.69. The summed E-state index contributed by atoms with van der Waals surface area (Å²) in [5.74, 6) is -0.764. The normalized spacial score (nSPS) is 10.8. The van der Waals surface area contributed by atoms with Crippen molar-refractivity contribution in [2.24, 2.45) is 0 Å². The van der Waals surface area contributed by atoms with Gasteiger partial charge in [-0.3, -0.25) is 4.79 Å². The Morgan fingerprint density at radius 3 is 2.79 bits per heavy atom. The summed E-state index contributed by atoms with van der Waals surface area (Å²) in [5, 5.41) is 9.50. The van der Waals surface area contributed by atoms with Crippen molar-refractivity contribution in [3.63, 3.8) is 0 Å². The first-order valence-corrected chi connectivity index (χ1v) is 6.31. The molecule has 0 saturated heterocycles. The highest BCUT2D eigenvalue weighted by Crippen LogP contribution is 2.19. The van der Waals surface area contributed by atoms with Crippen LogP contribution in [0.25, 0.3) is 11.0 Å². The number of hydrogen-bond donors (Lipinski definition) is 1. The van der Waals surface area contributed by atoms with E-state index < -0.39 is 5.97 Å². The SMILES string of the molecule is Cc1cc(=O)oc2cc(CCCCC(=O)O)ccc12. The molecule has 4 nitrogen and oxygen atoms in total. The highest BCUT2D eigenvalue weighted by molar-refractivity contribution is 5.80. The number of rotatable bonds is 5. The van der Waals surface area contributed by atoms with Crippen LogP contribution in [0.15, 0.2) is 33.5 Å². The Labute approximate surface area is 110 Å². The predicted octanol–water partition coefficient (Wildman–Crippen LogP) is 2.90. The molecule has 0 saturated carbocycles. The van der Waals surface area contributed by atoms with Crippen LogP contribution in [0, 0.1) is 6.92 Å². The number of unbranched alkanes of at least 4 members (excludes halogenated alkanes) is 1. The molecule has 0 bridgehead atoms. The molecule has 1 aromatic heterocycles. The molecule has 0 amide bonds. The molecule has 0 spiro atoms. The summed E-state index contributed by atoms with van der Waals surface area (Å²) in [6.07, 6.45) is 2.46. The molecule has 2 rings (SSSR count). The molecule has 0 unspecified atom stereocenters. The van der Waals surface area contributed by atoms with Gasteiger partial charge in [0.25, 0.3) is 0 Å². The van der Waals surface area contributed by atoms with Crippen LogP contribution in [0.3, 0.4) is 0 Å². The predicted molar refractivity (Wildman–Crippen MR) is 72.4 cm³/mol. The van der Waals surface area contributed by atoms with Crippen LogP contribution >= 0.6 is 0 Å². The molecule has 1 N–H and O–H groups in total. The van der Waals surface area contributed by atoms with Gasteiger partial charge < -0.3 is 9.52 Å². The number of fused-ring (bicyclic) bond motifs is 1. The maximum Gasteiger partial charge on any atom is 0.336 e. The van der Waals surface area contributed by atoms with Crippen molar-refractivity contribution >= 4 is 16.9 Å². The number of aryl methyl sites for hydroxylation is 2. The van der Waals surface area contributed by atoms with E-state index in [1.165, 1.54) is 6.07 Å². The monoisotopic (exact) mass is 260 g/mol. The van der Waals surface area contributed by atoms with Crippen LogP contribution < -0.4 is 5.63 Å². The molecule has 0 fully saturated rings. The maximum absolute atomic E-state index is 11.3. The molecule has 0 aliphatic rings. The lowest BCUT2D eigenvalue weighted by Gasteiger charge is -2.04. The van der Waals surface area contributed by atoms with Crippen LogP contribution in [-0.4, -0.2) is 11.1 Å². The van der Waals surface area contributed by atoms with E-state index >= 15 is 0 Å². The zero-order chi connectivity index (χ0) is 13.8. The molecule has 2 aromatic rings. The average molecular weight is 260 g/mol. The van der Waals surface area contributed by atoms with E-state index in [2.05, 4.69) is 0 Å². The molecular weight excluding hydrogens is 244 g/mol. The lowest BCUT2D eigenvalue weighted by molar-refractivity contribution is -0.137. The first-order chi connectivity index (χ1) is 9.06. The van der Waals surface area contributed by atoms with Gasteiger partial charge in [0.15, 0.2) is 0 Å². The smallest absolute Gasteiger partial charge is 0.336 e. The number of aliphatic carboxylic acids is 1. The number of benzene rings is 1. The van der Waals surface area contributed by atoms with Crippen molar-refractivity contribution in [1.29, 1.82) is 0 Å². The van der Waals surface area contributed by atoms with Crippen molar-refractivity contribution in [1.82, 2.24) is 0 Å². The lowest BCUT2D eigenvalue weighted by Crippen LogP contribution is -1.98. The highest BCUT2D eigenvalue weighted by atomic mass is 16.4. The second-order valence-electron chi connectivity index (χ2n) is 4.68. The summed E-state index contributed by atoms with van der Waals surface area (Å²) >= 11 is 0. The quantitative estimate of drug-likeness (QED) is 0.663. The van der Waals surface area contributed by atoms with E-state index in [1.54, 1.807) is 0 Å². The van der Waals surface area contributed by atoms with Crippen molar-refractivity contribution in [2.45, 2.75) is 32.6 Å². The minimum Gasteiger partial charge on any atom is -0.481 e. The molecule has 0 atom stereocenters. The second-order valence-corrected chi connectivity index (χ2v) is 4.68. The van der Waals surface area contributed by atoms with Gasteiger partial charge in [-0.15, -0.1) is 0 Å². The van der Waals surface area contributed by atoms with Gasteiger partial charge in [0, 0.05) is 17.9 Å². The van der Waals surface area contributed by atoms with Crippen molar-refractivity contribution in [2.75, 3.05) is 0 Å². The van der Waals surface area contributed by atoms with Gasteiger partial charge in [-0.1, -0.05) is 12.1 Å². The van der Waals surface area contributed by atoms with Crippen LogP contribution in [0.2, 0.25) is 0 Å². The first-order valence-electron chi connectivity index (χ1n) is 6.31. The lowest BCUT2D eigenvalue weighted by atomic mass is 10.0. The van der Waals surface area contributed by atoms with Gasteiger partial charge in [-0.25, -0.2) is 4.79 Å². The van der Waals surface area contributed by atoms with E-state index in [4.69, 9.17) is 9.52 Å². The summed E-state index contributed by atoms with van der Waals surface area (Å²) in [4.78, 5) is 21.7. The van der Waals surface area contributed by atoms with E-state index in [9.17, 15) is 9.59 Å². The number of hydrogen-bond acceptors (Lipinski definition) is 3. The third-order valence-electron chi connectivity index (χ3n) is 3.12. The van der Waals surface area contributed by atoms with Crippen molar-refractivity contribution < 1.29 is 14.3 Å². The number of carboxylic acids is 1. The summed E-state index contributed by atoms with van der Waals surface area (Å²) in [6, 6.07) is 7.29. The zero-order valence-electron chi connectivity index (χ0n) is 10.8. The molecule has 0 aliphatic heterocycles. The molecule has 0 aliphatic carbocycles. The number of carbonyl (C=O) groups is 1. The van der Waals surface area contributed by atoms with Crippen LogP contribution in [-0.2, 0) is 11.2 Å². The topological polar surface area (TPSA) is 67.5 Å². The maximum atomic E-state index is 11.3. The fraction of sp³-hybridized carbons (Fsp3) is 0.333. The molecule has 4 heteroatoms. The molecule has 1 heterocycles. The zero-order valence-corrected chi connectivity index (χ0v) is 10.8. The van der Waals surface area contributed by atoms with E-state index in [-0.39, 0.29) is 12.0 Å². The summed E-state index contributed by atoms with van der Waals surface area (Å²) in [7, 11) is 0. The van der Waals surface area contributed by atoms with E-state index in [0.717, 1.165) is 29.4 Å². The molecular formula is C15H16O4. The third kappa shape index (κ3) is 3.44. The van der Waals surface area contributed by atoms with Gasteiger partial charge >= 0.3 is 11.6 Å². The Balaban J connectivity index is 2.13.